The van der Waals surface area contributed by atoms with Crippen molar-refractivity contribution in [1.29, 1.82) is 0 Å². The number of hydrogen-bond acceptors (Lipinski definition) is 4. The number of anilines is 1. The van der Waals surface area contributed by atoms with Crippen molar-refractivity contribution in [1.82, 2.24) is 10.2 Å². The van der Waals surface area contributed by atoms with Gasteiger partial charge in [0.25, 0.3) is 0 Å². The van der Waals surface area contributed by atoms with E-state index < -0.39 is 56.7 Å². The van der Waals surface area contributed by atoms with Gasteiger partial charge in [-0.15, -0.1) is 0 Å². The molecule has 3 amide bonds. The van der Waals surface area contributed by atoms with Crippen LogP contribution in [-0.4, -0.2) is 83.5 Å². The van der Waals surface area contributed by atoms with Gasteiger partial charge in [0.1, 0.15) is 29.4 Å². The van der Waals surface area contributed by atoms with Crippen molar-refractivity contribution >= 4 is 89.8 Å². The number of nitrogen functional groups attached to an aromatic ring is 1. The first-order valence-corrected chi connectivity index (χ1v) is 7.80. The van der Waals surface area contributed by atoms with Crippen molar-refractivity contribution in [3.8, 4) is 0 Å². The summed E-state index contributed by atoms with van der Waals surface area (Å²) >= 11 is 0. The number of hydrogen-bond donors (Lipinski definition) is 2. The highest BCUT2D eigenvalue weighted by Crippen LogP contribution is 2.45. The number of amides is 3. The number of piperidine rings is 1. The van der Waals surface area contributed by atoms with Crippen LogP contribution in [-0.2, 0) is 19.7 Å². The predicted octanol–water partition coefficient (Wildman–Crippen LogP) is -4.43. The molecule has 0 aromatic heterocycles. The second kappa shape index (κ2) is 6.81. The zero-order chi connectivity index (χ0) is 21.8. The third-order valence-corrected chi connectivity index (χ3v) is 4.86. The highest BCUT2D eigenvalue weighted by atomic mass is 19.1. The van der Waals surface area contributed by atoms with E-state index in [9.17, 15) is 18.8 Å². The van der Waals surface area contributed by atoms with E-state index in [2.05, 4.69) is 0 Å². The van der Waals surface area contributed by atoms with Gasteiger partial charge in [0.15, 0.2) is 0 Å². The van der Waals surface area contributed by atoms with Crippen LogP contribution < -0.4 is 22.0 Å². The van der Waals surface area contributed by atoms with Gasteiger partial charge in [0.05, 0.1) is 36.8 Å². The zero-order valence-electron chi connectivity index (χ0n) is 15.0. The lowest BCUT2D eigenvalue weighted by molar-refractivity contribution is -0.146. The molecule has 28 heavy (non-hydrogen) atoms. The largest absolute Gasteiger partial charge is 0.399 e. The Morgan fingerprint density at radius 3 is 2.21 bits per heavy atom. The Hall–Kier alpha value is -1.99. The summed E-state index contributed by atoms with van der Waals surface area (Å²) in [6.07, 6.45) is -0.643. The van der Waals surface area contributed by atoms with Crippen LogP contribution in [0.1, 0.15) is 17.5 Å². The minimum Gasteiger partial charge on any atom is -0.399 e. The number of nitrogens with one attached hydrogen (secondary N) is 1. The summed E-state index contributed by atoms with van der Waals surface area (Å²) in [6, 6.07) is 0. The number of halogens is 1. The molecular weight excluding hydrogens is 353 g/mol. The molecule has 1 aliphatic heterocycles. The lowest BCUT2D eigenvalue weighted by atomic mass is 9.35. The van der Waals surface area contributed by atoms with E-state index in [0.29, 0.717) is 4.90 Å². The van der Waals surface area contributed by atoms with Crippen LogP contribution in [0.3, 0.4) is 0 Å². The highest BCUT2D eigenvalue weighted by Gasteiger charge is 2.56. The van der Waals surface area contributed by atoms with Gasteiger partial charge < -0.3 is 10.6 Å². The number of rotatable bonds is 4. The molecule has 1 atom stereocenters. The standard InChI is InChI=1S/C14H9B7FN3O3/c1-4-6(10(23)8(16)9(22)7(4)15)14(20,21)25(3-26)13(19)11(28)24-5(27)2-12(13,17)18/h3H,2,23H2,1H3,(H,24,27,28)/t13-/m1/s1. The van der Waals surface area contributed by atoms with E-state index in [1.165, 1.54) is 6.92 Å². The average Bonchev–Trinajstić information content (AvgIpc) is 2.56. The molecule has 1 aromatic carbocycles. The van der Waals surface area contributed by atoms with Crippen LogP contribution in [0.2, 0.25) is 5.21 Å². The quantitative estimate of drug-likeness (QED) is 0.245. The third-order valence-electron chi connectivity index (χ3n) is 4.86. The second-order valence-corrected chi connectivity index (χ2v) is 6.72. The minimum absolute atomic E-state index is 0.00152. The predicted molar refractivity (Wildman–Crippen MR) is 108 cm³/mol. The second-order valence-electron chi connectivity index (χ2n) is 6.72. The molecule has 0 aliphatic carbocycles. The first-order valence-electron chi connectivity index (χ1n) is 7.80. The van der Waals surface area contributed by atoms with Gasteiger partial charge in [-0.05, 0) is 28.9 Å². The van der Waals surface area contributed by atoms with Gasteiger partial charge in [-0.3, -0.25) is 19.7 Å². The molecule has 14 heteroatoms. The molecule has 0 spiro atoms. The molecule has 1 heterocycles. The van der Waals surface area contributed by atoms with Crippen LogP contribution in [0.5, 0.6) is 0 Å². The number of carbonyl (C=O) groups is 3. The van der Waals surface area contributed by atoms with Gasteiger partial charge in [-0.25, -0.2) is 4.39 Å². The Morgan fingerprint density at radius 2 is 1.75 bits per heavy atom. The fourth-order valence-electron chi connectivity index (χ4n) is 3.21. The number of imide groups is 1. The summed E-state index contributed by atoms with van der Waals surface area (Å²) in [6.45, 7) is 1.31. The van der Waals surface area contributed by atoms with Gasteiger partial charge >= 0.3 is 0 Å². The summed E-state index contributed by atoms with van der Waals surface area (Å²) in [5.74, 6) is -3.07. The lowest BCUT2D eigenvalue weighted by Gasteiger charge is -2.58. The molecule has 3 N–H and O–H groups in total. The third kappa shape index (κ3) is 2.92. The van der Waals surface area contributed by atoms with E-state index >= 15 is 0 Å². The first-order chi connectivity index (χ1) is 12.6. The van der Waals surface area contributed by atoms with Crippen molar-refractivity contribution in [3.05, 3.63) is 16.9 Å². The Balaban J connectivity index is 2.79. The first kappa shape index (κ1) is 22.3. The summed E-state index contributed by atoms with van der Waals surface area (Å²) in [5, 5.41) is -2.84. The van der Waals surface area contributed by atoms with Crippen LogP contribution in [0, 0.1) is 12.7 Å². The Kier molecular flexibility index (Phi) is 5.43. The Labute approximate surface area is 171 Å². The molecule has 0 unspecified atom stereocenters. The van der Waals surface area contributed by atoms with Crippen molar-refractivity contribution < 1.29 is 18.8 Å². The number of nitrogens with two attached hydrogens (primary N) is 1. The molecule has 0 bridgehead atoms. The molecule has 1 saturated heterocycles. The summed E-state index contributed by atoms with van der Waals surface area (Å²) < 4.78 is 14.1. The molecule has 126 valence electrons. The Morgan fingerprint density at radius 1 is 1.21 bits per heavy atom. The van der Waals surface area contributed by atoms with Gasteiger partial charge in [-0.1, -0.05) is 10.7 Å². The summed E-state index contributed by atoms with van der Waals surface area (Å²) in [4.78, 5) is 36.5. The van der Waals surface area contributed by atoms with Crippen LogP contribution in [0.15, 0.2) is 0 Å². The van der Waals surface area contributed by atoms with Gasteiger partial charge in [0, 0.05) is 12.1 Å². The maximum Gasteiger partial charge on any atom is 0.241 e. The SMILES string of the molecule is [B]c1c(C)c(C([B])([B])N(C=O)[C@]2([B])C(=O)NC(=O)CC2([B])[B])c(N)c([B])c1F. The van der Waals surface area contributed by atoms with E-state index in [1.54, 1.807) is 0 Å². The van der Waals surface area contributed by atoms with E-state index in [4.69, 9.17) is 60.7 Å². The Bertz CT molecular complexity index is 866. The molecule has 6 nitrogen and oxygen atoms in total. The number of benzene rings is 1. The van der Waals surface area contributed by atoms with E-state index in [1.807, 2.05) is 5.32 Å². The molecule has 2 rings (SSSR count). The maximum atomic E-state index is 14.1. The zero-order valence-corrected chi connectivity index (χ0v) is 15.0. The van der Waals surface area contributed by atoms with Crippen LogP contribution in [0.4, 0.5) is 10.1 Å². The van der Waals surface area contributed by atoms with E-state index in [0.717, 1.165) is 0 Å². The maximum absolute atomic E-state index is 14.1. The molecule has 14 radical (unpaired) electrons. The number of nitrogens with zero attached hydrogens (tertiary/aromatic N) is 1. The lowest BCUT2D eigenvalue weighted by Crippen LogP contribution is -2.74. The minimum atomic E-state index is -2.59. The molecule has 0 saturated carbocycles. The topological polar surface area (TPSA) is 92.5 Å². The molecule has 1 aromatic rings. The van der Waals surface area contributed by atoms with Gasteiger partial charge in [-0.2, -0.15) is 0 Å². The monoisotopic (exact) mass is 363 g/mol. The van der Waals surface area contributed by atoms with Crippen molar-refractivity contribution in [2.24, 2.45) is 0 Å². The summed E-state index contributed by atoms with van der Waals surface area (Å²) in [5.41, 5.74) is 1.46. The summed E-state index contributed by atoms with van der Waals surface area (Å²) in [7, 11) is 41.3. The fourth-order valence-corrected chi connectivity index (χ4v) is 3.21. The fraction of sp³-hybridized carbons (Fsp3) is 0.357. The van der Waals surface area contributed by atoms with E-state index in [-0.39, 0.29) is 17.5 Å². The van der Waals surface area contributed by atoms with Gasteiger partial charge in [0.2, 0.25) is 18.2 Å². The van der Waals surface area contributed by atoms with Crippen molar-refractivity contribution in [2.75, 3.05) is 5.73 Å². The van der Waals surface area contributed by atoms with Crippen molar-refractivity contribution in [2.45, 2.75) is 29.3 Å². The molecule has 1 aliphatic rings. The van der Waals surface area contributed by atoms with Crippen molar-refractivity contribution in [3.63, 3.8) is 0 Å². The highest BCUT2D eigenvalue weighted by molar-refractivity contribution is 6.53. The average molecular weight is 362 g/mol. The molecule has 1 fully saturated rings. The van der Waals surface area contributed by atoms with Crippen LogP contribution in [0.25, 0.3) is 0 Å². The smallest absolute Gasteiger partial charge is 0.241 e. The van der Waals surface area contributed by atoms with Crippen LogP contribution >= 0.6 is 0 Å². The molecular formula is C14H9B7FN3O3. The number of carbonyl (C=O) groups excluding carboxylic acids is 3. The normalized spacial score (nSPS) is 21.8.